The van der Waals surface area contributed by atoms with E-state index >= 15 is 0 Å². The number of carbonyl (C=O) groups excluding carboxylic acids is 2. The first-order chi connectivity index (χ1) is 21.0. The quantitative estimate of drug-likeness (QED) is 0.268. The fourth-order valence-electron chi connectivity index (χ4n) is 11.9. The molecular formula is C35H50O9. The Hall–Kier alpha value is -1.36. The fourth-order valence-corrected chi connectivity index (χ4v) is 11.9. The number of hydrogen-bond donors (Lipinski definition) is 2. The molecule has 0 aromatic carbocycles. The number of rotatable bonds is 4. The van der Waals surface area contributed by atoms with Gasteiger partial charge in [0.05, 0.1) is 34.9 Å². The van der Waals surface area contributed by atoms with Crippen molar-refractivity contribution in [1.29, 1.82) is 0 Å². The highest BCUT2D eigenvalue weighted by Crippen LogP contribution is 2.70. The molecular weight excluding hydrogens is 564 g/mol. The van der Waals surface area contributed by atoms with Crippen LogP contribution in [0, 0.1) is 28.6 Å². The molecule has 9 heteroatoms. The Balaban J connectivity index is 0.971. The van der Waals surface area contributed by atoms with Gasteiger partial charge in [-0.3, -0.25) is 0 Å². The van der Waals surface area contributed by atoms with E-state index in [4.69, 9.17) is 23.7 Å². The highest BCUT2D eigenvalue weighted by Gasteiger charge is 2.71. The van der Waals surface area contributed by atoms with Crippen LogP contribution in [0.3, 0.4) is 0 Å². The zero-order valence-electron chi connectivity index (χ0n) is 26.3. The van der Waals surface area contributed by atoms with Crippen LogP contribution in [-0.2, 0) is 33.3 Å². The number of cyclic esters (lactones) is 1. The maximum absolute atomic E-state index is 13.2. The predicted molar refractivity (Wildman–Crippen MR) is 157 cm³/mol. The van der Waals surface area contributed by atoms with Gasteiger partial charge in [-0.05, 0) is 94.5 Å². The molecule has 2 N–H and O–H groups in total. The zero-order chi connectivity index (χ0) is 30.5. The molecule has 1 spiro atoms. The van der Waals surface area contributed by atoms with Crippen molar-refractivity contribution < 1.29 is 43.5 Å². The molecule has 8 rings (SSSR count). The number of aliphatic hydroxyl groups is 2. The summed E-state index contributed by atoms with van der Waals surface area (Å²) in [6.07, 6.45) is 13.4. The van der Waals surface area contributed by atoms with Gasteiger partial charge in [0, 0.05) is 37.2 Å². The largest absolute Gasteiger partial charge is 0.458 e. The third-order valence-corrected chi connectivity index (χ3v) is 14.1. The highest BCUT2D eigenvalue weighted by atomic mass is 16.8. The molecule has 12 atom stereocenters. The summed E-state index contributed by atoms with van der Waals surface area (Å²) in [4.78, 5) is 25.1. The van der Waals surface area contributed by atoms with Gasteiger partial charge in [-0.1, -0.05) is 13.3 Å². The van der Waals surface area contributed by atoms with Crippen LogP contribution in [0.25, 0.3) is 0 Å². The normalized spacial score (nSPS) is 52.8. The van der Waals surface area contributed by atoms with Crippen LogP contribution < -0.4 is 0 Å². The van der Waals surface area contributed by atoms with E-state index in [0.29, 0.717) is 51.6 Å². The van der Waals surface area contributed by atoms with Gasteiger partial charge in [0.1, 0.15) is 19.0 Å². The average Bonchev–Trinajstić information content (AvgIpc) is 3.66. The monoisotopic (exact) mass is 614 g/mol. The number of hydrogen-bond acceptors (Lipinski definition) is 9. The van der Waals surface area contributed by atoms with Crippen molar-refractivity contribution in [3.63, 3.8) is 0 Å². The summed E-state index contributed by atoms with van der Waals surface area (Å²) in [5.41, 5.74) is -2.42. The van der Waals surface area contributed by atoms with Gasteiger partial charge in [0.25, 0.3) is 0 Å². The smallest absolute Gasteiger partial charge is 0.331 e. The highest BCUT2D eigenvalue weighted by molar-refractivity contribution is 5.85. The number of aldehydes is 1. The van der Waals surface area contributed by atoms with Gasteiger partial charge in [0.2, 0.25) is 0 Å². The Morgan fingerprint density at radius 2 is 1.75 bits per heavy atom. The van der Waals surface area contributed by atoms with Gasteiger partial charge in [-0.25, -0.2) is 4.79 Å². The lowest BCUT2D eigenvalue weighted by Crippen LogP contribution is -2.69. The van der Waals surface area contributed by atoms with Crippen molar-refractivity contribution in [2.45, 2.75) is 158 Å². The number of fused-ring (bicyclic) bond motifs is 6. The van der Waals surface area contributed by atoms with Gasteiger partial charge in [-0.15, -0.1) is 0 Å². The van der Waals surface area contributed by atoms with E-state index in [-0.39, 0.29) is 53.6 Å². The van der Waals surface area contributed by atoms with Crippen molar-refractivity contribution in [2.24, 2.45) is 28.6 Å². The Morgan fingerprint density at radius 3 is 2.50 bits per heavy atom. The number of esters is 1. The molecule has 44 heavy (non-hydrogen) atoms. The molecule has 244 valence electrons. The molecule has 9 nitrogen and oxygen atoms in total. The van der Waals surface area contributed by atoms with E-state index in [0.717, 1.165) is 56.8 Å². The van der Waals surface area contributed by atoms with Crippen molar-refractivity contribution in [2.75, 3.05) is 6.61 Å². The van der Waals surface area contributed by atoms with Gasteiger partial charge >= 0.3 is 5.97 Å². The SMILES string of the molecule is CC1OC(OC2CC[C@@]3(C=O)[C@@H]4CC[C@@]5(C)[C@@H](C6=CC(=O)OC6)CCC5(O)C4CCC3(O)C2)CC2OC3(CCCCC3)OC12. The Kier molecular flexibility index (Phi) is 7.04. The van der Waals surface area contributed by atoms with Gasteiger partial charge in [-0.2, -0.15) is 0 Å². The Labute approximate surface area is 260 Å². The minimum Gasteiger partial charge on any atom is -0.458 e. The molecule has 8 aliphatic rings. The van der Waals surface area contributed by atoms with Crippen molar-refractivity contribution in [3.8, 4) is 0 Å². The van der Waals surface area contributed by atoms with Gasteiger partial charge < -0.3 is 38.7 Å². The van der Waals surface area contributed by atoms with Crippen LogP contribution in [0.1, 0.15) is 110 Å². The minimum absolute atomic E-state index is 0.0600. The molecule has 0 radical (unpaired) electrons. The first-order valence-electron chi connectivity index (χ1n) is 17.5. The molecule has 7 fully saturated rings. The molecule has 8 unspecified atom stereocenters. The van der Waals surface area contributed by atoms with E-state index in [2.05, 4.69) is 6.92 Å². The fraction of sp³-hybridized carbons (Fsp3) is 0.886. The summed E-state index contributed by atoms with van der Waals surface area (Å²) >= 11 is 0. The lowest BCUT2D eigenvalue weighted by Gasteiger charge is -2.65. The summed E-state index contributed by atoms with van der Waals surface area (Å²) in [5, 5.41) is 24.8. The van der Waals surface area contributed by atoms with Crippen molar-refractivity contribution in [3.05, 3.63) is 11.6 Å². The maximum Gasteiger partial charge on any atom is 0.331 e. The third-order valence-electron chi connectivity index (χ3n) is 14.1. The molecule has 0 bridgehead atoms. The van der Waals surface area contributed by atoms with Crippen LogP contribution in [-0.4, -0.2) is 76.8 Å². The molecule has 0 aromatic heterocycles. The summed E-state index contributed by atoms with van der Waals surface area (Å²) in [7, 11) is 0. The molecule has 0 aromatic rings. The third kappa shape index (κ3) is 4.18. The molecule has 2 saturated heterocycles. The number of carbonyl (C=O) groups is 2. The first kappa shape index (κ1) is 30.0. The van der Waals surface area contributed by atoms with E-state index in [9.17, 15) is 19.8 Å². The second-order valence-corrected chi connectivity index (χ2v) is 16.0. The van der Waals surface area contributed by atoms with Crippen LogP contribution in [0.15, 0.2) is 11.6 Å². The van der Waals surface area contributed by atoms with Crippen LogP contribution in [0.4, 0.5) is 0 Å². The molecule has 3 aliphatic heterocycles. The summed E-state index contributed by atoms with van der Waals surface area (Å²) in [6.45, 7) is 4.52. The van der Waals surface area contributed by atoms with Crippen molar-refractivity contribution >= 4 is 12.3 Å². The maximum atomic E-state index is 13.2. The summed E-state index contributed by atoms with van der Waals surface area (Å²) < 4.78 is 31.2. The molecule has 0 amide bonds. The standard InChI is InChI=1S/C35H50O9/c1-21-30-27(43-34(44-30)10-4-3-5-11-34)17-29(41-21)42-23-6-13-32(20-36)25-7-12-31(2)24(22-16-28(37)40-19-22)9-15-35(31,39)26(25)8-14-33(32,38)18-23/h16,20-21,23-27,29-30,38-39H,3-15,17-19H2,1-2H3/t21?,23?,24-,25-,26?,27?,29?,30?,31+,32-,33?,35?/m1/s1. The predicted octanol–water partition coefficient (Wildman–Crippen LogP) is 4.50. The lowest BCUT2D eigenvalue weighted by molar-refractivity contribution is -0.278. The van der Waals surface area contributed by atoms with Crippen LogP contribution >= 0.6 is 0 Å². The Bertz CT molecular complexity index is 1210. The molecule has 3 heterocycles. The van der Waals surface area contributed by atoms with Crippen LogP contribution in [0.5, 0.6) is 0 Å². The topological polar surface area (TPSA) is 121 Å². The van der Waals surface area contributed by atoms with E-state index in [1.54, 1.807) is 6.08 Å². The summed E-state index contributed by atoms with van der Waals surface area (Å²) in [6, 6.07) is 0. The van der Waals surface area contributed by atoms with Crippen molar-refractivity contribution in [1.82, 2.24) is 0 Å². The molecule has 5 aliphatic carbocycles. The van der Waals surface area contributed by atoms with Gasteiger partial charge in [0.15, 0.2) is 12.1 Å². The van der Waals surface area contributed by atoms with E-state index in [1.165, 1.54) is 6.42 Å². The minimum atomic E-state index is -1.18. The summed E-state index contributed by atoms with van der Waals surface area (Å²) in [5.74, 6) is -0.828. The average molecular weight is 615 g/mol. The Morgan fingerprint density at radius 1 is 0.955 bits per heavy atom. The van der Waals surface area contributed by atoms with E-state index < -0.39 is 28.7 Å². The van der Waals surface area contributed by atoms with Crippen LogP contribution in [0.2, 0.25) is 0 Å². The molecule has 5 saturated carbocycles. The van der Waals surface area contributed by atoms with E-state index in [1.807, 2.05) is 6.92 Å². The first-order valence-corrected chi connectivity index (χ1v) is 17.5. The number of ether oxygens (including phenoxy) is 5. The lowest BCUT2D eigenvalue weighted by atomic mass is 9.41. The second kappa shape index (κ2) is 10.3. The zero-order valence-corrected chi connectivity index (χ0v) is 26.3. The second-order valence-electron chi connectivity index (χ2n) is 16.0.